The second kappa shape index (κ2) is 8.77. The van der Waals surface area contributed by atoms with Crippen molar-refractivity contribution in [1.29, 1.82) is 0 Å². The third-order valence-electron chi connectivity index (χ3n) is 5.56. The van der Waals surface area contributed by atoms with Crippen LogP contribution >= 0.6 is 0 Å². The second-order valence-corrected chi connectivity index (χ2v) is 8.07. The van der Waals surface area contributed by atoms with Crippen LogP contribution in [0.5, 0.6) is 0 Å². The molecule has 0 saturated carbocycles. The largest absolute Gasteiger partial charge is 0.411 e. The molecule has 0 spiro atoms. The fourth-order valence-corrected chi connectivity index (χ4v) is 4.12. The quantitative estimate of drug-likeness (QED) is 0.320. The number of oxime groups is 1. The lowest BCUT2D eigenvalue weighted by atomic mass is 9.90. The summed E-state index contributed by atoms with van der Waals surface area (Å²) in [7, 11) is 1.50. The van der Waals surface area contributed by atoms with Gasteiger partial charge in [-0.15, -0.1) is 10.3 Å². The lowest BCUT2D eigenvalue weighted by molar-refractivity contribution is -0.349. The molecule has 3 heterocycles. The molecule has 174 valence electrons. The Morgan fingerprint density at radius 1 is 1.31 bits per heavy atom. The SMILES string of the molecule is CO[C@@H]1[C@@H](n2cc(-c3cc(F)c(F)c(F)c3)nn2)[C@H]2OC(C)(C)OC[C@H]2O[C@@H]1CC=NO. The Bertz CT molecular complexity index is 978. The van der Waals surface area contributed by atoms with Crippen LogP contribution in [0.1, 0.15) is 26.3 Å². The van der Waals surface area contributed by atoms with Gasteiger partial charge in [0.1, 0.15) is 30.0 Å². The molecule has 2 fully saturated rings. The summed E-state index contributed by atoms with van der Waals surface area (Å²) in [5.41, 5.74) is 0.169. The first-order valence-electron chi connectivity index (χ1n) is 9.96. The van der Waals surface area contributed by atoms with Crippen molar-refractivity contribution < 1.29 is 37.3 Å². The molecule has 0 amide bonds. The molecule has 2 saturated heterocycles. The highest BCUT2D eigenvalue weighted by Gasteiger charge is 2.52. The van der Waals surface area contributed by atoms with Gasteiger partial charge in [0.05, 0.1) is 18.9 Å². The van der Waals surface area contributed by atoms with Gasteiger partial charge in [-0.2, -0.15) is 0 Å². The monoisotopic (exact) mass is 456 g/mol. The highest BCUT2D eigenvalue weighted by Crippen LogP contribution is 2.40. The zero-order valence-corrected chi connectivity index (χ0v) is 17.6. The number of aromatic nitrogens is 3. The molecule has 1 aromatic carbocycles. The molecule has 2 aromatic rings. The van der Waals surface area contributed by atoms with E-state index in [1.54, 1.807) is 13.8 Å². The minimum atomic E-state index is -1.56. The molecule has 12 heteroatoms. The molecule has 4 rings (SSSR count). The molecular formula is C20H23F3N4O5. The van der Waals surface area contributed by atoms with Gasteiger partial charge in [0.2, 0.25) is 0 Å². The van der Waals surface area contributed by atoms with Crippen LogP contribution in [0.3, 0.4) is 0 Å². The smallest absolute Gasteiger partial charge is 0.194 e. The fraction of sp³-hybridized carbons (Fsp3) is 0.550. The summed E-state index contributed by atoms with van der Waals surface area (Å²) >= 11 is 0. The third kappa shape index (κ3) is 4.22. The molecule has 2 aliphatic heterocycles. The number of hydrogen-bond donors (Lipinski definition) is 1. The molecule has 2 aliphatic rings. The van der Waals surface area contributed by atoms with E-state index in [-0.39, 0.29) is 24.3 Å². The van der Waals surface area contributed by atoms with E-state index in [0.717, 1.165) is 12.1 Å². The van der Waals surface area contributed by atoms with Gasteiger partial charge in [-0.25, -0.2) is 17.9 Å². The number of benzene rings is 1. The van der Waals surface area contributed by atoms with Crippen molar-refractivity contribution >= 4 is 6.21 Å². The first-order chi connectivity index (χ1) is 15.2. The van der Waals surface area contributed by atoms with Gasteiger partial charge >= 0.3 is 0 Å². The minimum Gasteiger partial charge on any atom is -0.411 e. The van der Waals surface area contributed by atoms with Crippen molar-refractivity contribution in [2.75, 3.05) is 13.7 Å². The second-order valence-electron chi connectivity index (χ2n) is 8.07. The Hall–Kier alpha value is -2.54. The van der Waals surface area contributed by atoms with E-state index in [9.17, 15) is 13.2 Å². The van der Waals surface area contributed by atoms with Crippen LogP contribution in [0.15, 0.2) is 23.5 Å². The van der Waals surface area contributed by atoms with E-state index in [1.807, 2.05) is 0 Å². The fourth-order valence-electron chi connectivity index (χ4n) is 4.12. The van der Waals surface area contributed by atoms with Crippen molar-refractivity contribution in [3.05, 3.63) is 35.8 Å². The number of rotatable bonds is 5. The Morgan fingerprint density at radius 2 is 2.03 bits per heavy atom. The van der Waals surface area contributed by atoms with Gasteiger partial charge in [0, 0.05) is 25.3 Å². The predicted octanol–water partition coefficient (Wildman–Crippen LogP) is 2.69. The van der Waals surface area contributed by atoms with Crippen molar-refractivity contribution in [2.24, 2.45) is 5.16 Å². The van der Waals surface area contributed by atoms with Crippen molar-refractivity contribution in [3.63, 3.8) is 0 Å². The zero-order chi connectivity index (χ0) is 23.0. The van der Waals surface area contributed by atoms with E-state index in [0.29, 0.717) is 0 Å². The molecule has 0 unspecified atom stereocenters. The number of hydrogen-bond acceptors (Lipinski definition) is 8. The highest BCUT2D eigenvalue weighted by atomic mass is 19.2. The van der Waals surface area contributed by atoms with Gasteiger partial charge < -0.3 is 24.2 Å². The molecule has 1 N–H and O–H groups in total. The van der Waals surface area contributed by atoms with E-state index < -0.39 is 53.7 Å². The Kier molecular flexibility index (Phi) is 6.21. The number of ether oxygens (including phenoxy) is 4. The topological polar surface area (TPSA) is 100 Å². The van der Waals surface area contributed by atoms with Gasteiger partial charge in [-0.1, -0.05) is 5.21 Å². The Morgan fingerprint density at radius 3 is 2.69 bits per heavy atom. The maximum Gasteiger partial charge on any atom is 0.194 e. The third-order valence-corrected chi connectivity index (χ3v) is 5.56. The van der Waals surface area contributed by atoms with Crippen molar-refractivity contribution in [1.82, 2.24) is 15.0 Å². The van der Waals surface area contributed by atoms with Gasteiger partial charge in [-0.05, 0) is 26.0 Å². The summed E-state index contributed by atoms with van der Waals surface area (Å²) in [6.07, 6.45) is 0.859. The molecule has 0 radical (unpaired) electrons. The average molecular weight is 456 g/mol. The summed E-state index contributed by atoms with van der Waals surface area (Å²) in [6, 6.07) is 1.14. The molecule has 5 atom stereocenters. The van der Waals surface area contributed by atoms with E-state index >= 15 is 0 Å². The first kappa shape index (κ1) is 22.6. The molecule has 9 nitrogen and oxygen atoms in total. The number of fused-ring (bicyclic) bond motifs is 1. The molecular weight excluding hydrogens is 433 g/mol. The van der Waals surface area contributed by atoms with Gasteiger partial charge in [-0.3, -0.25) is 0 Å². The summed E-state index contributed by atoms with van der Waals surface area (Å²) in [5, 5.41) is 20.0. The van der Waals surface area contributed by atoms with Crippen molar-refractivity contribution in [2.45, 2.75) is 56.5 Å². The van der Waals surface area contributed by atoms with Crippen LogP contribution in [0, 0.1) is 17.5 Å². The molecule has 32 heavy (non-hydrogen) atoms. The van der Waals surface area contributed by atoms with Crippen LogP contribution in [0.25, 0.3) is 11.3 Å². The van der Waals surface area contributed by atoms with E-state index in [4.69, 9.17) is 24.2 Å². The maximum atomic E-state index is 13.7. The normalized spacial score (nSPS) is 29.9. The summed E-state index contributed by atoms with van der Waals surface area (Å²) in [6.45, 7) is 3.78. The maximum absolute atomic E-state index is 13.7. The zero-order valence-electron chi connectivity index (χ0n) is 17.6. The van der Waals surface area contributed by atoms with Gasteiger partial charge in [0.15, 0.2) is 23.2 Å². The predicted molar refractivity (Wildman–Crippen MR) is 104 cm³/mol. The van der Waals surface area contributed by atoms with Crippen LogP contribution in [-0.2, 0) is 18.9 Å². The average Bonchev–Trinajstić information content (AvgIpc) is 3.24. The summed E-state index contributed by atoms with van der Waals surface area (Å²) in [5.74, 6) is -5.10. The first-order valence-corrected chi connectivity index (χ1v) is 9.96. The molecule has 0 bridgehead atoms. The summed E-state index contributed by atoms with van der Waals surface area (Å²) in [4.78, 5) is 0. The van der Waals surface area contributed by atoms with Crippen LogP contribution in [-0.4, -0.2) is 70.3 Å². The number of methoxy groups -OCH3 is 1. The standard InChI is InChI=1S/C20H23F3N4O5/c1-20(2)30-9-15-19(32-20)17(18(29-3)14(31-15)4-5-24-28)27-8-13(25-26-27)10-6-11(21)16(23)12(22)7-10/h5-8,14-15,17-19,28H,4,9H2,1-3H3/t14-,15-,17-,18+,19+/m1/s1. The number of nitrogens with zero attached hydrogens (tertiary/aromatic N) is 4. The van der Waals surface area contributed by atoms with Gasteiger partial charge in [0.25, 0.3) is 0 Å². The van der Waals surface area contributed by atoms with Crippen LogP contribution in [0.4, 0.5) is 13.2 Å². The molecule has 1 aromatic heterocycles. The summed E-state index contributed by atoms with van der Waals surface area (Å²) < 4.78 is 65.9. The van der Waals surface area contributed by atoms with Crippen LogP contribution in [0.2, 0.25) is 0 Å². The minimum absolute atomic E-state index is 0.0300. The highest BCUT2D eigenvalue weighted by molar-refractivity contribution is 5.58. The van der Waals surface area contributed by atoms with Crippen LogP contribution < -0.4 is 0 Å². The number of halogens is 3. The lowest BCUT2D eigenvalue weighted by Gasteiger charge is -2.50. The van der Waals surface area contributed by atoms with Crippen molar-refractivity contribution in [3.8, 4) is 11.3 Å². The van der Waals surface area contributed by atoms with E-state index in [1.165, 1.54) is 24.2 Å². The molecule has 0 aliphatic carbocycles. The Balaban J connectivity index is 1.72. The Labute approximate surface area is 181 Å². The lowest BCUT2D eigenvalue weighted by Crippen LogP contribution is -2.62. The van der Waals surface area contributed by atoms with E-state index in [2.05, 4.69) is 15.5 Å².